The number of piperidine rings is 1. The number of amides is 2. The summed E-state index contributed by atoms with van der Waals surface area (Å²) in [5, 5.41) is 14.8. The molecule has 2 amide bonds. The molecule has 29 heavy (non-hydrogen) atoms. The number of ether oxygens (including phenoxy) is 1. The molecule has 0 unspecified atom stereocenters. The van der Waals surface area contributed by atoms with Gasteiger partial charge >= 0.3 is 0 Å². The fraction of sp³-hybridized carbons (Fsp3) is 0.545. The fourth-order valence-electron chi connectivity index (χ4n) is 4.72. The van der Waals surface area contributed by atoms with Crippen LogP contribution in [0, 0.1) is 0 Å². The highest BCUT2D eigenvalue weighted by molar-refractivity contribution is 5.83. The van der Waals surface area contributed by atoms with Crippen molar-refractivity contribution < 1.29 is 19.4 Å². The SMILES string of the molecule is CC(=O)N[C@H]1COC2(CCN(C(=O)Cn3ccc4ccccc43)CC2)C[C@]1(C)O. The van der Waals surface area contributed by atoms with Gasteiger partial charge < -0.3 is 24.6 Å². The maximum Gasteiger partial charge on any atom is 0.242 e. The van der Waals surface area contributed by atoms with E-state index in [0.717, 1.165) is 10.9 Å². The third-order valence-electron chi connectivity index (χ3n) is 6.38. The molecule has 2 N–H and O–H groups in total. The number of fused-ring (bicyclic) bond motifs is 1. The second-order valence-electron chi connectivity index (χ2n) is 8.66. The third-order valence-corrected chi connectivity index (χ3v) is 6.38. The molecule has 1 aromatic heterocycles. The van der Waals surface area contributed by atoms with Crippen LogP contribution in [0.4, 0.5) is 0 Å². The summed E-state index contributed by atoms with van der Waals surface area (Å²) >= 11 is 0. The first kappa shape index (κ1) is 19.9. The summed E-state index contributed by atoms with van der Waals surface area (Å²) in [6, 6.07) is 9.66. The average Bonchev–Trinajstić information content (AvgIpc) is 3.07. The van der Waals surface area contributed by atoms with Crippen molar-refractivity contribution in [2.45, 2.75) is 56.9 Å². The van der Waals surface area contributed by atoms with Crippen LogP contribution < -0.4 is 5.32 Å². The van der Waals surface area contributed by atoms with Gasteiger partial charge in [0.15, 0.2) is 0 Å². The Morgan fingerprint density at radius 3 is 2.66 bits per heavy atom. The number of nitrogens with zero attached hydrogens (tertiary/aromatic N) is 2. The Morgan fingerprint density at radius 2 is 1.97 bits per heavy atom. The van der Waals surface area contributed by atoms with E-state index in [-0.39, 0.29) is 18.4 Å². The van der Waals surface area contributed by atoms with E-state index in [4.69, 9.17) is 4.74 Å². The number of benzene rings is 1. The largest absolute Gasteiger partial charge is 0.388 e. The van der Waals surface area contributed by atoms with Crippen molar-refractivity contribution in [2.24, 2.45) is 0 Å². The molecule has 3 heterocycles. The van der Waals surface area contributed by atoms with Crippen molar-refractivity contribution in [3.63, 3.8) is 0 Å². The van der Waals surface area contributed by atoms with Crippen molar-refractivity contribution in [1.29, 1.82) is 0 Å². The Kier molecular flexibility index (Phi) is 5.12. The summed E-state index contributed by atoms with van der Waals surface area (Å²) in [6.45, 7) is 5.03. The minimum Gasteiger partial charge on any atom is -0.388 e. The lowest BCUT2D eigenvalue weighted by atomic mass is 9.75. The Labute approximate surface area is 170 Å². The van der Waals surface area contributed by atoms with Crippen LogP contribution in [0.3, 0.4) is 0 Å². The van der Waals surface area contributed by atoms with Crippen molar-refractivity contribution >= 4 is 22.7 Å². The van der Waals surface area contributed by atoms with E-state index < -0.39 is 17.2 Å². The van der Waals surface area contributed by atoms with Crippen LogP contribution in [0.15, 0.2) is 36.5 Å². The van der Waals surface area contributed by atoms with Gasteiger partial charge in [-0.1, -0.05) is 18.2 Å². The smallest absolute Gasteiger partial charge is 0.242 e. The molecule has 1 aromatic carbocycles. The first-order chi connectivity index (χ1) is 13.8. The number of hydrogen-bond acceptors (Lipinski definition) is 4. The van der Waals surface area contributed by atoms with Crippen LogP contribution >= 0.6 is 0 Å². The normalized spacial score (nSPS) is 26.6. The zero-order valence-corrected chi connectivity index (χ0v) is 17.1. The molecule has 1 spiro atoms. The van der Waals surface area contributed by atoms with E-state index in [2.05, 4.69) is 5.32 Å². The standard InChI is InChI=1S/C22H29N3O4/c1-16(26)23-19-14-29-22(15-21(19,2)28)8-11-24(12-9-22)20(27)13-25-10-7-17-5-3-4-6-18(17)25/h3-7,10,19,28H,8-9,11-15H2,1-2H3,(H,23,26)/t19-,21-/m0/s1. The van der Waals surface area contributed by atoms with Crippen molar-refractivity contribution in [2.75, 3.05) is 19.7 Å². The highest BCUT2D eigenvalue weighted by atomic mass is 16.5. The van der Waals surface area contributed by atoms with E-state index in [9.17, 15) is 14.7 Å². The number of aromatic nitrogens is 1. The Bertz CT molecular complexity index is 912. The van der Waals surface area contributed by atoms with Gasteiger partial charge in [-0.2, -0.15) is 0 Å². The van der Waals surface area contributed by atoms with Gasteiger partial charge in [0.2, 0.25) is 11.8 Å². The van der Waals surface area contributed by atoms with Gasteiger partial charge in [-0.15, -0.1) is 0 Å². The van der Waals surface area contributed by atoms with Crippen LogP contribution in [0.5, 0.6) is 0 Å². The lowest BCUT2D eigenvalue weighted by molar-refractivity contribution is -0.190. The van der Waals surface area contributed by atoms with E-state index in [1.165, 1.54) is 6.92 Å². The second-order valence-corrected chi connectivity index (χ2v) is 8.66. The van der Waals surface area contributed by atoms with Crippen LogP contribution in [0.2, 0.25) is 0 Å². The van der Waals surface area contributed by atoms with E-state index in [1.54, 1.807) is 6.92 Å². The number of likely N-dealkylation sites (tertiary alicyclic amines) is 1. The molecular weight excluding hydrogens is 370 g/mol. The monoisotopic (exact) mass is 399 g/mol. The maximum atomic E-state index is 12.8. The number of carbonyl (C=O) groups is 2. The molecule has 4 rings (SSSR count). The number of carbonyl (C=O) groups excluding carboxylic acids is 2. The predicted octanol–water partition coefficient (Wildman–Crippen LogP) is 1.68. The number of rotatable bonds is 3. The van der Waals surface area contributed by atoms with Crippen molar-refractivity contribution in [3.05, 3.63) is 36.5 Å². The molecule has 0 saturated carbocycles. The number of nitrogens with one attached hydrogen (secondary N) is 1. The summed E-state index contributed by atoms with van der Waals surface area (Å²) in [6.07, 6.45) is 3.79. The molecular formula is C22H29N3O4. The summed E-state index contributed by atoms with van der Waals surface area (Å²) < 4.78 is 8.12. The lowest BCUT2D eigenvalue weighted by Crippen LogP contribution is -2.64. The topological polar surface area (TPSA) is 83.8 Å². The minimum atomic E-state index is -1.03. The Hall–Kier alpha value is -2.38. The quantitative estimate of drug-likeness (QED) is 0.823. The summed E-state index contributed by atoms with van der Waals surface area (Å²) in [4.78, 5) is 26.1. The molecule has 0 aliphatic carbocycles. The molecule has 0 radical (unpaired) electrons. The summed E-state index contributed by atoms with van der Waals surface area (Å²) in [7, 11) is 0. The van der Waals surface area contributed by atoms with Crippen LogP contribution in [0.1, 0.15) is 33.1 Å². The number of hydrogen-bond donors (Lipinski definition) is 2. The van der Waals surface area contributed by atoms with Crippen LogP contribution in [-0.4, -0.2) is 63.3 Å². The van der Waals surface area contributed by atoms with Crippen molar-refractivity contribution in [3.8, 4) is 0 Å². The van der Waals surface area contributed by atoms with Gasteiger partial charge in [-0.25, -0.2) is 0 Å². The van der Waals surface area contributed by atoms with Gasteiger partial charge in [-0.3, -0.25) is 9.59 Å². The summed E-state index contributed by atoms with van der Waals surface area (Å²) in [5.41, 5.74) is -0.403. The molecule has 2 aliphatic rings. The molecule has 2 saturated heterocycles. The molecule has 156 valence electrons. The zero-order chi connectivity index (χ0) is 20.6. The minimum absolute atomic E-state index is 0.0971. The fourth-order valence-corrected chi connectivity index (χ4v) is 4.72. The Balaban J connectivity index is 1.37. The molecule has 0 bridgehead atoms. The third kappa shape index (κ3) is 4.02. The maximum absolute atomic E-state index is 12.8. The molecule has 2 atom stereocenters. The first-order valence-corrected chi connectivity index (χ1v) is 10.2. The average molecular weight is 399 g/mol. The second kappa shape index (κ2) is 7.46. The predicted molar refractivity (Wildman–Crippen MR) is 109 cm³/mol. The van der Waals surface area contributed by atoms with Crippen LogP contribution in [0.25, 0.3) is 10.9 Å². The molecule has 7 heteroatoms. The molecule has 2 aromatic rings. The number of para-hydroxylation sites is 1. The highest BCUT2D eigenvalue weighted by Gasteiger charge is 2.49. The Morgan fingerprint density at radius 1 is 1.24 bits per heavy atom. The van der Waals surface area contributed by atoms with Gasteiger partial charge in [-0.05, 0) is 37.3 Å². The van der Waals surface area contributed by atoms with Crippen molar-refractivity contribution in [1.82, 2.24) is 14.8 Å². The van der Waals surface area contributed by atoms with Gasteiger partial charge in [0.1, 0.15) is 6.54 Å². The van der Waals surface area contributed by atoms with Gasteiger partial charge in [0.05, 0.1) is 23.9 Å². The van der Waals surface area contributed by atoms with Gasteiger partial charge in [0.25, 0.3) is 0 Å². The zero-order valence-electron chi connectivity index (χ0n) is 17.1. The van der Waals surface area contributed by atoms with Gasteiger partial charge in [0, 0.05) is 38.1 Å². The van der Waals surface area contributed by atoms with Crippen LogP contribution in [-0.2, 0) is 20.9 Å². The highest BCUT2D eigenvalue weighted by Crippen LogP contribution is 2.39. The van der Waals surface area contributed by atoms with E-state index in [1.807, 2.05) is 46.0 Å². The first-order valence-electron chi connectivity index (χ1n) is 10.2. The molecule has 7 nitrogen and oxygen atoms in total. The summed E-state index contributed by atoms with van der Waals surface area (Å²) in [5.74, 6) is -0.0762. The molecule has 2 fully saturated rings. The lowest BCUT2D eigenvalue weighted by Gasteiger charge is -2.51. The van der Waals surface area contributed by atoms with E-state index in [0.29, 0.717) is 38.9 Å². The van der Waals surface area contributed by atoms with E-state index >= 15 is 0 Å². The molecule has 2 aliphatic heterocycles. The number of aliphatic hydroxyl groups is 1.